The van der Waals surface area contributed by atoms with Gasteiger partial charge in [0.15, 0.2) is 0 Å². The van der Waals surface area contributed by atoms with Crippen molar-refractivity contribution < 1.29 is 14.8 Å². The largest absolute Gasteiger partial charge is 0.545 e. The molecule has 1 heterocycles. The average Bonchev–Trinajstić information content (AvgIpc) is 3.13. The third kappa shape index (κ3) is 3.37. The van der Waals surface area contributed by atoms with E-state index in [-0.39, 0.29) is 5.56 Å². The molecule has 0 spiro atoms. The van der Waals surface area contributed by atoms with Gasteiger partial charge >= 0.3 is 0 Å². The Morgan fingerprint density at radius 2 is 1.47 bits per heavy atom. The molecule has 1 saturated heterocycles. The topological polar surface area (TPSA) is 60.2 Å². The minimum atomic E-state index is -1.16. The number of hydrazone groups is 1. The number of rotatable bonds is 4. The molecule has 0 unspecified atom stereocenters. The summed E-state index contributed by atoms with van der Waals surface area (Å²) < 4.78 is 0. The first-order valence-electron chi connectivity index (χ1n) is 10.3. The molecular weight excluding hydrogens is 374 g/mol. The molecule has 3 aromatic carbocycles. The van der Waals surface area contributed by atoms with Crippen LogP contribution in [0.25, 0.3) is 11.1 Å². The van der Waals surface area contributed by atoms with Gasteiger partial charge < -0.3 is 14.8 Å². The van der Waals surface area contributed by atoms with Crippen LogP contribution in [-0.2, 0) is 0 Å². The van der Waals surface area contributed by atoms with Crippen LogP contribution in [-0.4, -0.2) is 43.4 Å². The number of carboxylic acids is 1. The van der Waals surface area contributed by atoms with E-state index < -0.39 is 5.97 Å². The molecule has 1 aliphatic heterocycles. The summed E-state index contributed by atoms with van der Waals surface area (Å²) in [6.07, 6.45) is 1.80. The molecule has 0 amide bonds. The molecule has 0 aromatic heterocycles. The zero-order valence-corrected chi connectivity index (χ0v) is 16.6. The van der Waals surface area contributed by atoms with Gasteiger partial charge in [-0.1, -0.05) is 72.8 Å². The predicted molar refractivity (Wildman–Crippen MR) is 114 cm³/mol. The van der Waals surface area contributed by atoms with E-state index in [1.807, 2.05) is 0 Å². The van der Waals surface area contributed by atoms with E-state index >= 15 is 0 Å². The van der Waals surface area contributed by atoms with Gasteiger partial charge in [-0.25, -0.2) is 0 Å². The molecule has 30 heavy (non-hydrogen) atoms. The molecule has 1 N–H and O–H groups in total. The van der Waals surface area contributed by atoms with Crippen molar-refractivity contribution in [3.63, 3.8) is 0 Å². The number of hydrogen-bond donors (Lipinski definition) is 1. The van der Waals surface area contributed by atoms with Crippen LogP contribution in [0.15, 0.2) is 77.9 Å². The third-order valence-electron chi connectivity index (χ3n) is 6.14. The Kier molecular flexibility index (Phi) is 4.81. The highest BCUT2D eigenvalue weighted by molar-refractivity contribution is 5.87. The summed E-state index contributed by atoms with van der Waals surface area (Å²) in [5.41, 5.74) is 6.66. The van der Waals surface area contributed by atoms with Crippen LogP contribution >= 0.6 is 0 Å². The molecule has 0 radical (unpaired) electrons. The number of piperazine rings is 1. The maximum absolute atomic E-state index is 10.9. The first-order chi connectivity index (χ1) is 14.7. The van der Waals surface area contributed by atoms with E-state index in [9.17, 15) is 9.90 Å². The number of nitrogens with one attached hydrogen (secondary N) is 1. The Labute approximate surface area is 175 Å². The maximum Gasteiger partial charge on any atom is 0.140 e. The highest BCUT2D eigenvalue weighted by Gasteiger charge is 2.37. The number of quaternary nitrogens is 1. The van der Waals surface area contributed by atoms with Gasteiger partial charge in [-0.3, -0.25) is 5.01 Å². The minimum Gasteiger partial charge on any atom is -0.545 e. The lowest BCUT2D eigenvalue weighted by molar-refractivity contribution is -0.929. The zero-order valence-electron chi connectivity index (χ0n) is 16.6. The quantitative estimate of drug-likeness (QED) is 0.677. The van der Waals surface area contributed by atoms with Crippen LogP contribution in [0.4, 0.5) is 0 Å². The van der Waals surface area contributed by atoms with Gasteiger partial charge in [0, 0.05) is 11.1 Å². The normalized spacial score (nSPS) is 16.6. The number of carbonyl (C=O) groups excluding carboxylic acids is 1. The molecular formula is C25H23N3O2. The van der Waals surface area contributed by atoms with Gasteiger partial charge in [-0.05, 0) is 22.3 Å². The molecule has 0 atom stereocenters. The summed E-state index contributed by atoms with van der Waals surface area (Å²) in [5.74, 6) is -1.16. The lowest BCUT2D eigenvalue weighted by atomic mass is 10.0. The summed E-state index contributed by atoms with van der Waals surface area (Å²) >= 11 is 0. The standard InChI is InChI=1S/C25H23N3O2/c29-25(30)19-11-9-18(10-12-19)17-26-28-15-13-27(14-16-28)24-22-7-3-1-5-20(22)21-6-2-4-8-23(21)24/h1-12,17,24H,13-16H2,(H,29,30)/b26-17+. The molecule has 150 valence electrons. The van der Waals surface area contributed by atoms with Crippen molar-refractivity contribution >= 4 is 12.2 Å². The monoisotopic (exact) mass is 397 g/mol. The minimum absolute atomic E-state index is 0.182. The average molecular weight is 397 g/mol. The second-order valence-corrected chi connectivity index (χ2v) is 7.87. The molecule has 1 aliphatic carbocycles. The highest BCUT2D eigenvalue weighted by atomic mass is 16.4. The van der Waals surface area contributed by atoms with Gasteiger partial charge in [-0.2, -0.15) is 5.10 Å². The van der Waals surface area contributed by atoms with Crippen LogP contribution in [0.2, 0.25) is 0 Å². The molecule has 2 aliphatic rings. The summed E-state index contributed by atoms with van der Waals surface area (Å²) in [6, 6.07) is 24.5. The number of aromatic carboxylic acids is 1. The molecule has 3 aromatic rings. The van der Waals surface area contributed by atoms with Crippen molar-refractivity contribution in [3.8, 4) is 11.1 Å². The van der Waals surface area contributed by atoms with Gasteiger partial charge in [0.25, 0.3) is 0 Å². The number of nitrogens with zero attached hydrogens (tertiary/aromatic N) is 2. The first-order valence-corrected chi connectivity index (χ1v) is 10.3. The lowest BCUT2D eigenvalue weighted by Gasteiger charge is -2.34. The number of hydrogen-bond acceptors (Lipinski definition) is 4. The first kappa shape index (κ1) is 18.6. The van der Waals surface area contributed by atoms with Crippen molar-refractivity contribution in [3.05, 3.63) is 95.1 Å². The van der Waals surface area contributed by atoms with Crippen molar-refractivity contribution in [2.24, 2.45) is 5.10 Å². The number of fused-ring (bicyclic) bond motifs is 3. The van der Waals surface area contributed by atoms with Crippen molar-refractivity contribution in [1.29, 1.82) is 0 Å². The Morgan fingerprint density at radius 1 is 0.900 bits per heavy atom. The van der Waals surface area contributed by atoms with E-state index in [1.54, 1.807) is 35.4 Å². The molecule has 1 fully saturated rings. The van der Waals surface area contributed by atoms with Gasteiger partial charge in [0.1, 0.15) is 6.04 Å². The lowest BCUT2D eigenvalue weighted by Crippen LogP contribution is -3.14. The SMILES string of the molecule is O=C([O-])c1ccc(/C=N/N2CC[NH+](C3c4ccccc4-c4ccccc43)CC2)cc1. The van der Waals surface area contributed by atoms with Gasteiger partial charge in [0.05, 0.1) is 38.4 Å². The van der Waals surface area contributed by atoms with Crippen LogP contribution in [0.3, 0.4) is 0 Å². The number of carboxylic acid groups (broad SMARTS) is 1. The second kappa shape index (κ2) is 7.76. The molecule has 5 rings (SSSR count). The number of carbonyl (C=O) groups is 1. The fraction of sp³-hybridized carbons (Fsp3) is 0.200. The zero-order chi connectivity index (χ0) is 20.5. The van der Waals surface area contributed by atoms with E-state index in [0.29, 0.717) is 6.04 Å². The van der Waals surface area contributed by atoms with Gasteiger partial charge in [-0.15, -0.1) is 0 Å². The van der Waals surface area contributed by atoms with Crippen LogP contribution in [0, 0.1) is 0 Å². The summed E-state index contributed by atoms with van der Waals surface area (Å²) in [5, 5.41) is 17.6. The molecule has 0 saturated carbocycles. The van der Waals surface area contributed by atoms with Crippen LogP contribution in [0.5, 0.6) is 0 Å². The van der Waals surface area contributed by atoms with E-state index in [0.717, 1.165) is 31.7 Å². The number of benzene rings is 3. The fourth-order valence-corrected chi connectivity index (χ4v) is 4.64. The smallest absolute Gasteiger partial charge is 0.140 e. The second-order valence-electron chi connectivity index (χ2n) is 7.87. The Hall–Kier alpha value is -3.44. The van der Waals surface area contributed by atoms with Gasteiger partial charge in [0.2, 0.25) is 0 Å². The van der Waals surface area contributed by atoms with E-state index in [4.69, 9.17) is 0 Å². The third-order valence-corrected chi connectivity index (χ3v) is 6.14. The van der Waals surface area contributed by atoms with Crippen molar-refractivity contribution in [2.45, 2.75) is 6.04 Å². The summed E-state index contributed by atoms with van der Waals surface area (Å²) in [6.45, 7) is 3.83. The van der Waals surface area contributed by atoms with E-state index in [1.165, 1.54) is 22.3 Å². The van der Waals surface area contributed by atoms with Crippen LogP contribution < -0.4 is 10.0 Å². The van der Waals surface area contributed by atoms with Crippen molar-refractivity contribution in [2.75, 3.05) is 26.2 Å². The predicted octanol–water partition coefficient (Wildman–Crippen LogP) is 1.35. The Bertz CT molecular complexity index is 1050. The summed E-state index contributed by atoms with van der Waals surface area (Å²) in [7, 11) is 0. The fourth-order valence-electron chi connectivity index (χ4n) is 4.64. The molecule has 5 nitrogen and oxygen atoms in total. The molecule has 5 heteroatoms. The summed E-state index contributed by atoms with van der Waals surface area (Å²) in [4.78, 5) is 12.4. The molecule has 0 bridgehead atoms. The van der Waals surface area contributed by atoms with Crippen molar-refractivity contribution in [1.82, 2.24) is 5.01 Å². The van der Waals surface area contributed by atoms with E-state index in [2.05, 4.69) is 58.6 Å². The highest BCUT2D eigenvalue weighted by Crippen LogP contribution is 2.41. The maximum atomic E-state index is 10.9. The van der Waals surface area contributed by atoms with Crippen LogP contribution in [0.1, 0.15) is 33.1 Å². The Balaban J connectivity index is 1.28. The Morgan fingerprint density at radius 3 is 2.03 bits per heavy atom.